The minimum Gasteiger partial charge on any atom is -0.476 e. The van der Waals surface area contributed by atoms with Gasteiger partial charge in [0.05, 0.1) is 15.5 Å². The van der Waals surface area contributed by atoms with Crippen molar-refractivity contribution < 1.29 is 18.3 Å². The molecule has 8 heteroatoms. The summed E-state index contributed by atoms with van der Waals surface area (Å²) in [6, 6.07) is 1.40. The zero-order valence-electron chi connectivity index (χ0n) is 10.7. The van der Waals surface area contributed by atoms with Crippen LogP contribution in [0.2, 0.25) is 0 Å². The molecule has 0 amide bonds. The summed E-state index contributed by atoms with van der Waals surface area (Å²) in [4.78, 5) is 19.3. The lowest BCUT2D eigenvalue weighted by molar-refractivity contribution is 0.0686. The number of carboxylic acids is 1. The minimum atomic E-state index is -3.63. The maximum absolute atomic E-state index is 12.0. The van der Waals surface area contributed by atoms with Crippen molar-refractivity contribution in [3.05, 3.63) is 16.8 Å². The average molecular weight is 312 g/mol. The SMILES string of the molecule is CCS(=O)(=O)c1cc2sc(C3CC3)nc2nc1C(=O)O. The van der Waals surface area contributed by atoms with Crippen LogP contribution in [0.1, 0.15) is 41.2 Å². The monoisotopic (exact) mass is 312 g/mol. The summed E-state index contributed by atoms with van der Waals surface area (Å²) < 4.78 is 24.6. The maximum atomic E-state index is 12.0. The first-order valence-electron chi connectivity index (χ1n) is 6.20. The number of sulfone groups is 1. The van der Waals surface area contributed by atoms with Crippen LogP contribution in [0.5, 0.6) is 0 Å². The molecule has 0 spiro atoms. The molecule has 0 unspecified atom stereocenters. The van der Waals surface area contributed by atoms with E-state index in [4.69, 9.17) is 5.11 Å². The number of thiazole rings is 1. The lowest BCUT2D eigenvalue weighted by Crippen LogP contribution is -2.12. The number of nitrogens with zero attached hydrogens (tertiary/aromatic N) is 2. The van der Waals surface area contributed by atoms with E-state index in [0.29, 0.717) is 16.3 Å². The van der Waals surface area contributed by atoms with E-state index in [9.17, 15) is 13.2 Å². The van der Waals surface area contributed by atoms with Crippen LogP contribution in [0.4, 0.5) is 0 Å². The second kappa shape index (κ2) is 4.49. The van der Waals surface area contributed by atoms with Gasteiger partial charge in [-0.25, -0.2) is 23.2 Å². The van der Waals surface area contributed by atoms with Crippen LogP contribution in [0, 0.1) is 0 Å². The van der Waals surface area contributed by atoms with Gasteiger partial charge in [-0.15, -0.1) is 11.3 Å². The van der Waals surface area contributed by atoms with Gasteiger partial charge in [0.2, 0.25) is 0 Å². The smallest absolute Gasteiger partial charge is 0.355 e. The van der Waals surface area contributed by atoms with Crippen LogP contribution in [0.25, 0.3) is 10.3 Å². The minimum absolute atomic E-state index is 0.158. The predicted molar refractivity (Wildman–Crippen MR) is 74.1 cm³/mol. The Labute approximate surface area is 119 Å². The fourth-order valence-electron chi connectivity index (χ4n) is 1.91. The van der Waals surface area contributed by atoms with E-state index in [1.807, 2.05) is 0 Å². The highest BCUT2D eigenvalue weighted by atomic mass is 32.2. The van der Waals surface area contributed by atoms with Crippen LogP contribution >= 0.6 is 11.3 Å². The molecule has 1 aliphatic rings. The largest absolute Gasteiger partial charge is 0.476 e. The summed E-state index contributed by atoms with van der Waals surface area (Å²) in [5.74, 6) is -1.08. The van der Waals surface area contributed by atoms with Crippen LogP contribution in [0.3, 0.4) is 0 Å². The molecular weight excluding hydrogens is 300 g/mol. The fraction of sp³-hybridized carbons (Fsp3) is 0.417. The van der Waals surface area contributed by atoms with Gasteiger partial charge in [0, 0.05) is 5.92 Å². The van der Waals surface area contributed by atoms with Gasteiger partial charge in [0.25, 0.3) is 0 Å². The second-order valence-electron chi connectivity index (χ2n) is 4.69. The summed E-state index contributed by atoms with van der Waals surface area (Å²) in [5.41, 5.74) is -0.114. The Bertz CT molecular complexity index is 806. The van der Waals surface area contributed by atoms with Gasteiger partial charge >= 0.3 is 5.97 Å². The van der Waals surface area contributed by atoms with Crippen molar-refractivity contribution in [2.24, 2.45) is 0 Å². The number of hydrogen-bond acceptors (Lipinski definition) is 6. The first kappa shape index (κ1) is 13.4. The van der Waals surface area contributed by atoms with Gasteiger partial charge in [0.1, 0.15) is 4.90 Å². The summed E-state index contributed by atoms with van der Waals surface area (Å²) in [5, 5.41) is 10.1. The molecule has 20 heavy (non-hydrogen) atoms. The Hall–Kier alpha value is -1.54. The number of rotatable bonds is 4. The Morgan fingerprint density at radius 3 is 2.70 bits per heavy atom. The lowest BCUT2D eigenvalue weighted by Gasteiger charge is -2.04. The van der Waals surface area contributed by atoms with E-state index in [0.717, 1.165) is 17.8 Å². The summed E-state index contributed by atoms with van der Waals surface area (Å²) in [6.07, 6.45) is 2.15. The highest BCUT2D eigenvalue weighted by molar-refractivity contribution is 7.91. The molecule has 3 rings (SSSR count). The molecule has 1 aliphatic carbocycles. The highest BCUT2D eigenvalue weighted by Crippen LogP contribution is 2.43. The van der Waals surface area contributed by atoms with E-state index in [-0.39, 0.29) is 10.6 Å². The Balaban J connectivity index is 2.26. The third kappa shape index (κ3) is 2.18. The molecule has 2 aromatic rings. The Kier molecular flexibility index (Phi) is 3.02. The van der Waals surface area contributed by atoms with Gasteiger partial charge < -0.3 is 5.11 Å². The van der Waals surface area contributed by atoms with E-state index in [2.05, 4.69) is 9.97 Å². The van der Waals surface area contributed by atoms with Gasteiger partial charge in [-0.3, -0.25) is 0 Å². The lowest BCUT2D eigenvalue weighted by atomic mass is 10.3. The average Bonchev–Trinajstić information content (AvgIpc) is 3.17. The zero-order chi connectivity index (χ0) is 14.5. The quantitative estimate of drug-likeness (QED) is 0.928. The van der Waals surface area contributed by atoms with Crippen LogP contribution in [-0.2, 0) is 9.84 Å². The first-order chi connectivity index (χ1) is 9.42. The van der Waals surface area contributed by atoms with E-state index in [1.165, 1.54) is 24.3 Å². The molecule has 0 radical (unpaired) electrons. The van der Waals surface area contributed by atoms with E-state index >= 15 is 0 Å². The third-order valence-corrected chi connectivity index (χ3v) is 6.10. The molecule has 0 bridgehead atoms. The van der Waals surface area contributed by atoms with Crippen molar-refractivity contribution in [1.29, 1.82) is 0 Å². The van der Waals surface area contributed by atoms with Gasteiger partial charge in [-0.05, 0) is 18.9 Å². The maximum Gasteiger partial charge on any atom is 0.355 e. The number of fused-ring (bicyclic) bond motifs is 1. The molecule has 2 heterocycles. The molecule has 1 fully saturated rings. The molecule has 0 aromatic carbocycles. The van der Waals surface area contributed by atoms with Crippen molar-refractivity contribution in [2.75, 3.05) is 5.75 Å². The van der Waals surface area contributed by atoms with Crippen molar-refractivity contribution >= 4 is 37.5 Å². The van der Waals surface area contributed by atoms with Gasteiger partial charge in [-0.1, -0.05) is 6.92 Å². The molecular formula is C12H12N2O4S2. The normalized spacial score (nSPS) is 15.7. The molecule has 0 atom stereocenters. The number of carboxylic acid groups (broad SMARTS) is 1. The number of carbonyl (C=O) groups is 1. The van der Waals surface area contributed by atoms with Crippen molar-refractivity contribution in [2.45, 2.75) is 30.6 Å². The second-order valence-corrected chi connectivity index (χ2v) is 8.00. The molecule has 1 N–H and O–H groups in total. The van der Waals surface area contributed by atoms with Crippen LogP contribution in [0.15, 0.2) is 11.0 Å². The molecule has 2 aromatic heterocycles. The van der Waals surface area contributed by atoms with Crippen LogP contribution in [-0.4, -0.2) is 35.2 Å². The number of hydrogen-bond donors (Lipinski definition) is 1. The standard InChI is InChI=1S/C12H12N2O4S2/c1-2-20(17,18)8-5-7-10(13-9(8)12(15)16)14-11(19-7)6-3-4-6/h5-6H,2-4H2,1H3,(H,15,16). The topological polar surface area (TPSA) is 97.2 Å². The molecule has 1 saturated carbocycles. The third-order valence-electron chi connectivity index (χ3n) is 3.21. The summed E-state index contributed by atoms with van der Waals surface area (Å²) in [7, 11) is -3.63. The van der Waals surface area contributed by atoms with Crippen LogP contribution < -0.4 is 0 Å². The number of aromatic nitrogens is 2. The van der Waals surface area contributed by atoms with Gasteiger partial charge in [0.15, 0.2) is 21.2 Å². The van der Waals surface area contributed by atoms with Gasteiger partial charge in [-0.2, -0.15) is 0 Å². The zero-order valence-corrected chi connectivity index (χ0v) is 12.3. The fourth-order valence-corrected chi connectivity index (χ4v) is 4.14. The van der Waals surface area contributed by atoms with E-state index in [1.54, 1.807) is 0 Å². The number of aromatic carboxylic acids is 1. The Morgan fingerprint density at radius 1 is 1.45 bits per heavy atom. The van der Waals surface area contributed by atoms with E-state index < -0.39 is 21.5 Å². The van der Waals surface area contributed by atoms with Crippen molar-refractivity contribution in [3.63, 3.8) is 0 Å². The molecule has 106 valence electrons. The predicted octanol–water partition coefficient (Wildman–Crippen LogP) is 2.06. The van der Waals surface area contributed by atoms with Crippen molar-refractivity contribution in [1.82, 2.24) is 9.97 Å². The highest BCUT2D eigenvalue weighted by Gasteiger charge is 2.29. The molecule has 6 nitrogen and oxygen atoms in total. The summed E-state index contributed by atoms with van der Waals surface area (Å²) in [6.45, 7) is 1.48. The summed E-state index contributed by atoms with van der Waals surface area (Å²) >= 11 is 1.40. The first-order valence-corrected chi connectivity index (χ1v) is 8.66. The van der Waals surface area contributed by atoms with Crippen molar-refractivity contribution in [3.8, 4) is 0 Å². The molecule has 0 aliphatic heterocycles. The number of pyridine rings is 1. The Morgan fingerprint density at radius 2 is 2.15 bits per heavy atom. The molecule has 0 saturated heterocycles.